The van der Waals surface area contributed by atoms with Crippen LogP contribution < -0.4 is 5.32 Å². The van der Waals surface area contributed by atoms with Gasteiger partial charge in [0, 0.05) is 6.92 Å². The molecule has 4 N–H and O–H groups in total. The number of nitrogens with zero attached hydrogens (tertiary/aromatic N) is 1. The molecule has 0 aromatic carbocycles. The third-order valence-corrected chi connectivity index (χ3v) is 2.56. The number of hydrogen-bond acceptors (Lipinski definition) is 7. The summed E-state index contributed by atoms with van der Waals surface area (Å²) >= 11 is 4.43. The first kappa shape index (κ1) is 14.2. The van der Waals surface area contributed by atoms with Crippen molar-refractivity contribution >= 4 is 23.3 Å². The highest BCUT2D eigenvalue weighted by Gasteiger charge is 2.44. The minimum Gasteiger partial charge on any atom is -0.394 e. The van der Waals surface area contributed by atoms with Crippen LogP contribution in [0.25, 0.3) is 0 Å². The minimum atomic E-state index is -1.31. The molecule has 1 fully saturated rings. The van der Waals surface area contributed by atoms with Crippen molar-refractivity contribution < 1.29 is 24.9 Å². The molecule has 0 bridgehead atoms. The molecule has 5 atom stereocenters. The van der Waals surface area contributed by atoms with Crippen molar-refractivity contribution in [2.45, 2.75) is 37.5 Å². The van der Waals surface area contributed by atoms with E-state index in [1.54, 1.807) is 0 Å². The van der Waals surface area contributed by atoms with E-state index in [-0.39, 0.29) is 0 Å². The van der Waals surface area contributed by atoms with Crippen molar-refractivity contribution in [2.24, 2.45) is 4.99 Å². The highest BCUT2D eigenvalue weighted by molar-refractivity contribution is 7.78. The number of carbonyl (C=O) groups is 1. The van der Waals surface area contributed by atoms with Crippen LogP contribution in [0.3, 0.4) is 0 Å². The molecule has 1 aliphatic heterocycles. The van der Waals surface area contributed by atoms with Gasteiger partial charge in [-0.05, 0) is 12.2 Å². The van der Waals surface area contributed by atoms with Gasteiger partial charge in [-0.1, -0.05) is 0 Å². The van der Waals surface area contributed by atoms with Crippen LogP contribution in [0, 0.1) is 0 Å². The minimum absolute atomic E-state index is 0.406. The fourth-order valence-electron chi connectivity index (χ4n) is 1.65. The van der Waals surface area contributed by atoms with E-state index < -0.39 is 43.1 Å². The second-order valence-corrected chi connectivity index (χ2v) is 3.86. The van der Waals surface area contributed by atoms with Crippen LogP contribution in [-0.2, 0) is 9.53 Å². The molecule has 17 heavy (non-hydrogen) atoms. The van der Waals surface area contributed by atoms with E-state index in [0.717, 1.165) is 0 Å². The van der Waals surface area contributed by atoms with Crippen molar-refractivity contribution in [3.8, 4) is 0 Å². The van der Waals surface area contributed by atoms with Gasteiger partial charge in [0.1, 0.15) is 24.4 Å². The summed E-state index contributed by atoms with van der Waals surface area (Å²) in [5.74, 6) is -0.406. The van der Waals surface area contributed by atoms with Gasteiger partial charge < -0.3 is 25.4 Å². The van der Waals surface area contributed by atoms with Crippen molar-refractivity contribution in [3.63, 3.8) is 0 Å². The van der Waals surface area contributed by atoms with E-state index in [9.17, 15) is 15.0 Å². The molecule has 1 amide bonds. The van der Waals surface area contributed by atoms with Gasteiger partial charge in [0.15, 0.2) is 6.23 Å². The molecule has 0 aromatic rings. The number of aliphatic hydroxyl groups is 3. The smallest absolute Gasteiger partial charge is 0.217 e. The predicted molar refractivity (Wildman–Crippen MR) is 60.4 cm³/mol. The number of amides is 1. The quantitative estimate of drug-likeness (QED) is 0.347. The van der Waals surface area contributed by atoms with Gasteiger partial charge in [-0.25, -0.2) is 0 Å². The number of ether oxygens (including phenoxy) is 1. The molecule has 1 rings (SSSR count). The molecule has 1 heterocycles. The standard InChI is InChI=1S/C9H14N2O5S/c1-4(13)11-6-8(15)7(14)5(2-12)16-9(6)10-3-17/h5-9,12,14-15H,2H2,1H3,(H,11,13)/t5-,6+,7+,8-,9-/m1/s1. The zero-order valence-corrected chi connectivity index (χ0v) is 9.92. The van der Waals surface area contributed by atoms with Gasteiger partial charge in [-0.2, -0.15) is 4.99 Å². The Bertz CT molecular complexity index is 333. The van der Waals surface area contributed by atoms with Crippen LogP contribution in [0.5, 0.6) is 0 Å². The number of rotatable bonds is 3. The van der Waals surface area contributed by atoms with Crippen LogP contribution in [-0.4, -0.2) is 63.6 Å². The first-order valence-electron chi connectivity index (χ1n) is 4.97. The molecule has 0 aliphatic carbocycles. The predicted octanol–water partition coefficient (Wildman–Crippen LogP) is -1.97. The van der Waals surface area contributed by atoms with E-state index >= 15 is 0 Å². The maximum Gasteiger partial charge on any atom is 0.217 e. The number of thiocarbonyl (C=S) groups is 1. The lowest BCUT2D eigenvalue weighted by atomic mass is 9.96. The molecular weight excluding hydrogens is 248 g/mol. The van der Waals surface area contributed by atoms with E-state index in [0.29, 0.717) is 0 Å². The Kier molecular flexibility index (Phi) is 5.13. The van der Waals surface area contributed by atoms with Crippen LogP contribution in [0.4, 0.5) is 0 Å². The summed E-state index contributed by atoms with van der Waals surface area (Å²) in [6.07, 6.45) is -4.57. The Morgan fingerprint density at radius 3 is 2.65 bits per heavy atom. The molecule has 7 nitrogen and oxygen atoms in total. The lowest BCUT2D eigenvalue weighted by molar-refractivity contribution is -0.192. The van der Waals surface area contributed by atoms with E-state index in [4.69, 9.17) is 9.84 Å². The Morgan fingerprint density at radius 2 is 2.18 bits per heavy atom. The molecule has 0 unspecified atom stereocenters. The first-order chi connectivity index (χ1) is 8.01. The maximum atomic E-state index is 11.0. The average Bonchev–Trinajstić information content (AvgIpc) is 2.28. The van der Waals surface area contributed by atoms with E-state index in [1.807, 2.05) is 0 Å². The topological polar surface area (TPSA) is 111 Å². The van der Waals surface area contributed by atoms with Gasteiger partial charge in [0.05, 0.1) is 11.8 Å². The fourth-order valence-corrected chi connectivity index (χ4v) is 1.75. The van der Waals surface area contributed by atoms with Gasteiger partial charge in [0.2, 0.25) is 5.91 Å². The molecule has 1 saturated heterocycles. The molecular formula is C9H14N2O5S. The maximum absolute atomic E-state index is 11.0. The second kappa shape index (κ2) is 6.15. The Hall–Kier alpha value is -0.890. The highest BCUT2D eigenvalue weighted by Crippen LogP contribution is 2.21. The van der Waals surface area contributed by atoms with Gasteiger partial charge in [0.25, 0.3) is 0 Å². The average molecular weight is 262 g/mol. The van der Waals surface area contributed by atoms with Gasteiger partial charge in [-0.15, -0.1) is 0 Å². The van der Waals surface area contributed by atoms with E-state index in [2.05, 4.69) is 27.7 Å². The van der Waals surface area contributed by atoms with Crippen LogP contribution in [0.2, 0.25) is 0 Å². The lowest BCUT2D eigenvalue weighted by Crippen LogP contribution is -2.63. The largest absolute Gasteiger partial charge is 0.394 e. The Morgan fingerprint density at radius 1 is 1.53 bits per heavy atom. The summed E-state index contributed by atoms with van der Waals surface area (Å²) in [7, 11) is 0. The highest BCUT2D eigenvalue weighted by atomic mass is 32.1. The van der Waals surface area contributed by atoms with E-state index in [1.165, 1.54) is 6.92 Å². The second-order valence-electron chi connectivity index (χ2n) is 3.68. The van der Waals surface area contributed by atoms with Crippen molar-refractivity contribution in [3.05, 3.63) is 0 Å². The molecule has 0 saturated carbocycles. The summed E-state index contributed by atoms with van der Waals surface area (Å²) in [5.41, 5.74) is 0. The lowest BCUT2D eigenvalue weighted by Gasteiger charge is -2.40. The van der Waals surface area contributed by atoms with Gasteiger partial charge >= 0.3 is 0 Å². The summed E-state index contributed by atoms with van der Waals surface area (Å²) in [4.78, 5) is 14.6. The summed E-state index contributed by atoms with van der Waals surface area (Å²) in [5, 5.41) is 32.9. The molecule has 0 aromatic heterocycles. The van der Waals surface area contributed by atoms with Crippen LogP contribution in [0.15, 0.2) is 4.99 Å². The number of isothiocyanates is 1. The number of hydrogen-bond donors (Lipinski definition) is 4. The molecule has 0 spiro atoms. The van der Waals surface area contributed by atoms with Crippen molar-refractivity contribution in [1.82, 2.24) is 5.32 Å². The molecule has 8 heteroatoms. The normalized spacial score (nSPS) is 37.1. The SMILES string of the molecule is CC(=O)N[C@H]1[C@@H](O)[C@@H](O)[C@@H](CO)O[C@H]1N=C=S. The number of nitrogens with one attached hydrogen (secondary N) is 1. The van der Waals surface area contributed by atoms with Gasteiger partial charge in [-0.3, -0.25) is 4.79 Å². The summed E-state index contributed by atoms with van der Waals surface area (Å²) in [6.45, 7) is 0.782. The number of aliphatic imine (C=N–C) groups is 1. The van der Waals surface area contributed by atoms with Crippen molar-refractivity contribution in [1.29, 1.82) is 0 Å². The van der Waals surface area contributed by atoms with Crippen LogP contribution >= 0.6 is 12.2 Å². The molecule has 0 radical (unpaired) electrons. The number of carbonyl (C=O) groups excluding carboxylic acids is 1. The molecule has 1 aliphatic rings. The monoisotopic (exact) mass is 262 g/mol. The zero-order chi connectivity index (χ0) is 13.0. The first-order valence-corrected chi connectivity index (χ1v) is 5.38. The third-order valence-electron chi connectivity index (χ3n) is 2.45. The summed E-state index contributed by atoms with van der Waals surface area (Å²) in [6, 6.07) is -0.930. The third kappa shape index (κ3) is 3.29. The number of aliphatic hydroxyl groups excluding tert-OH is 3. The van der Waals surface area contributed by atoms with Crippen LogP contribution in [0.1, 0.15) is 6.92 Å². The Balaban J connectivity index is 2.90. The summed E-state index contributed by atoms with van der Waals surface area (Å²) < 4.78 is 5.20. The van der Waals surface area contributed by atoms with Crippen molar-refractivity contribution in [2.75, 3.05) is 6.61 Å². The fraction of sp³-hybridized carbons (Fsp3) is 0.778. The zero-order valence-electron chi connectivity index (χ0n) is 9.11. The molecule has 96 valence electrons. The Labute approximate surface area is 103 Å².